The van der Waals surface area contributed by atoms with Crippen LogP contribution in [0, 0.1) is 11.3 Å². The number of anilines is 1. The Bertz CT molecular complexity index is 904. The normalized spacial score (nSPS) is 25.5. The molecule has 4 heterocycles. The lowest BCUT2D eigenvalue weighted by Gasteiger charge is -2.43. The van der Waals surface area contributed by atoms with E-state index >= 15 is 0 Å². The zero-order valence-electron chi connectivity index (χ0n) is 13.5. The number of nitrogens with one attached hydrogen (secondary N) is 1. The van der Waals surface area contributed by atoms with E-state index in [1.807, 2.05) is 17.2 Å². The van der Waals surface area contributed by atoms with Crippen LogP contribution in [0.25, 0.3) is 0 Å². The molecule has 0 aromatic carbocycles. The van der Waals surface area contributed by atoms with Gasteiger partial charge in [0, 0.05) is 44.3 Å². The summed E-state index contributed by atoms with van der Waals surface area (Å²) in [4.78, 5) is 15.7. The van der Waals surface area contributed by atoms with Gasteiger partial charge in [0.25, 0.3) is 0 Å². The summed E-state index contributed by atoms with van der Waals surface area (Å²) in [6, 6.07) is 5.40. The van der Waals surface area contributed by atoms with Crippen molar-refractivity contribution < 1.29 is 8.42 Å². The molecule has 4 rings (SSSR count). The summed E-state index contributed by atoms with van der Waals surface area (Å²) in [5.74, 6) is 0.863. The molecule has 0 aliphatic carbocycles. The van der Waals surface area contributed by atoms with Crippen LogP contribution in [0.2, 0.25) is 0 Å². The fraction of sp³-hybridized carbons (Fsp3) is 0.438. The van der Waals surface area contributed by atoms with Crippen molar-refractivity contribution in [2.75, 3.05) is 29.5 Å². The predicted octanol–water partition coefficient (Wildman–Crippen LogP) is 0.164. The highest BCUT2D eigenvalue weighted by molar-refractivity contribution is 7.91. The second kappa shape index (κ2) is 6.13. The molecule has 25 heavy (non-hydrogen) atoms. The van der Waals surface area contributed by atoms with E-state index in [4.69, 9.17) is 5.26 Å². The third-order valence-electron chi connectivity index (χ3n) is 4.85. The highest BCUT2D eigenvalue weighted by atomic mass is 32.2. The summed E-state index contributed by atoms with van der Waals surface area (Å²) >= 11 is 0. The summed E-state index contributed by atoms with van der Waals surface area (Å²) in [6.45, 7) is 2.02. The summed E-state index contributed by atoms with van der Waals surface area (Å²) in [5.41, 5.74) is 1.51. The number of fused-ring (bicyclic) bond motifs is 1. The molecule has 9 heteroatoms. The molecule has 8 nitrogen and oxygen atoms in total. The average Bonchev–Trinajstić information content (AvgIpc) is 3.19. The van der Waals surface area contributed by atoms with Crippen LogP contribution >= 0.6 is 0 Å². The summed E-state index contributed by atoms with van der Waals surface area (Å²) in [7, 11) is -3.09. The van der Waals surface area contributed by atoms with E-state index < -0.39 is 9.84 Å². The Balaban J connectivity index is 1.59. The van der Waals surface area contributed by atoms with E-state index in [9.17, 15) is 8.42 Å². The molecular weight excluding hydrogens is 340 g/mol. The highest BCUT2D eigenvalue weighted by Crippen LogP contribution is 2.30. The van der Waals surface area contributed by atoms with Crippen LogP contribution in [0.1, 0.15) is 11.3 Å². The molecule has 1 N–H and O–H groups in total. The van der Waals surface area contributed by atoms with Crippen molar-refractivity contribution in [1.29, 1.82) is 5.26 Å². The first-order valence-electron chi connectivity index (χ1n) is 8.11. The molecule has 0 saturated carbocycles. The van der Waals surface area contributed by atoms with Crippen molar-refractivity contribution in [2.45, 2.75) is 18.6 Å². The van der Waals surface area contributed by atoms with Crippen LogP contribution in [-0.2, 0) is 16.4 Å². The minimum atomic E-state index is -3.09. The van der Waals surface area contributed by atoms with Gasteiger partial charge < -0.3 is 9.88 Å². The van der Waals surface area contributed by atoms with E-state index in [1.165, 1.54) is 0 Å². The van der Waals surface area contributed by atoms with Crippen molar-refractivity contribution >= 4 is 15.8 Å². The minimum Gasteiger partial charge on any atom is -0.353 e. The van der Waals surface area contributed by atoms with Crippen LogP contribution < -0.4 is 4.90 Å². The van der Waals surface area contributed by atoms with Gasteiger partial charge in [-0.2, -0.15) is 5.26 Å². The number of aromatic amines is 1. The maximum absolute atomic E-state index is 12.3. The zero-order valence-corrected chi connectivity index (χ0v) is 14.4. The smallest absolute Gasteiger partial charge is 0.225 e. The fourth-order valence-corrected chi connectivity index (χ4v) is 5.75. The van der Waals surface area contributed by atoms with E-state index in [-0.39, 0.29) is 23.6 Å². The van der Waals surface area contributed by atoms with Crippen LogP contribution in [0.4, 0.5) is 5.95 Å². The third-order valence-corrected chi connectivity index (χ3v) is 6.55. The molecule has 0 bridgehead atoms. The maximum atomic E-state index is 12.3. The molecule has 2 aromatic rings. The SMILES string of the molecule is N#Cc1cc(CN2CCN(c3ncccn3)[C@@H]3CS(=O)(=O)C[C@@H]32)c[nH]1. The topological polar surface area (TPSA) is 106 Å². The number of H-pyrrole nitrogens is 1. The van der Waals surface area contributed by atoms with Gasteiger partial charge in [-0.05, 0) is 17.7 Å². The first-order valence-corrected chi connectivity index (χ1v) is 9.93. The molecule has 0 amide bonds. The molecule has 2 aromatic heterocycles. The Morgan fingerprint density at radius 2 is 2.00 bits per heavy atom. The van der Waals surface area contributed by atoms with Crippen LogP contribution in [0.15, 0.2) is 30.7 Å². The molecule has 0 radical (unpaired) electrons. The first-order chi connectivity index (χ1) is 12.1. The van der Waals surface area contributed by atoms with E-state index in [0.717, 1.165) is 12.1 Å². The van der Waals surface area contributed by atoms with Gasteiger partial charge >= 0.3 is 0 Å². The lowest BCUT2D eigenvalue weighted by Crippen LogP contribution is -2.59. The van der Waals surface area contributed by atoms with E-state index in [0.29, 0.717) is 24.7 Å². The molecule has 2 fully saturated rings. The number of rotatable bonds is 3. The van der Waals surface area contributed by atoms with E-state index in [2.05, 4.69) is 25.9 Å². The second-order valence-electron chi connectivity index (χ2n) is 6.46. The van der Waals surface area contributed by atoms with Gasteiger partial charge in [-0.25, -0.2) is 18.4 Å². The minimum absolute atomic E-state index is 0.0945. The molecule has 2 saturated heterocycles. The van der Waals surface area contributed by atoms with Gasteiger partial charge in [0.1, 0.15) is 11.8 Å². The van der Waals surface area contributed by atoms with Crippen molar-refractivity contribution in [3.8, 4) is 6.07 Å². The quantitative estimate of drug-likeness (QED) is 0.833. The second-order valence-corrected chi connectivity index (χ2v) is 8.61. The number of piperazine rings is 1. The molecule has 130 valence electrons. The number of sulfone groups is 1. The predicted molar refractivity (Wildman–Crippen MR) is 91.5 cm³/mol. The Morgan fingerprint density at radius 3 is 2.72 bits per heavy atom. The molecule has 0 spiro atoms. The number of nitriles is 1. The van der Waals surface area contributed by atoms with Crippen LogP contribution in [-0.4, -0.2) is 64.9 Å². The van der Waals surface area contributed by atoms with Gasteiger partial charge in [-0.15, -0.1) is 0 Å². The lowest BCUT2D eigenvalue weighted by molar-refractivity contribution is 0.159. The molecule has 2 aliphatic rings. The fourth-order valence-electron chi connectivity index (χ4n) is 3.74. The molecular formula is C16H18N6O2S. The van der Waals surface area contributed by atoms with Crippen LogP contribution in [0.5, 0.6) is 0 Å². The average molecular weight is 358 g/mol. The van der Waals surface area contributed by atoms with Crippen LogP contribution in [0.3, 0.4) is 0 Å². The highest BCUT2D eigenvalue weighted by Gasteiger charge is 2.47. The maximum Gasteiger partial charge on any atom is 0.225 e. The van der Waals surface area contributed by atoms with Gasteiger partial charge in [-0.1, -0.05) is 0 Å². The summed E-state index contributed by atoms with van der Waals surface area (Å²) in [6.07, 6.45) is 5.16. The Kier molecular flexibility index (Phi) is 3.94. The largest absolute Gasteiger partial charge is 0.353 e. The van der Waals surface area contributed by atoms with Crippen molar-refractivity contribution in [3.05, 3.63) is 42.0 Å². The van der Waals surface area contributed by atoms with Crippen molar-refractivity contribution in [2.24, 2.45) is 0 Å². The van der Waals surface area contributed by atoms with Gasteiger partial charge in [0.2, 0.25) is 5.95 Å². The van der Waals surface area contributed by atoms with Crippen molar-refractivity contribution in [3.63, 3.8) is 0 Å². The van der Waals surface area contributed by atoms with Gasteiger partial charge in [-0.3, -0.25) is 4.90 Å². The Hall–Kier alpha value is -2.44. The van der Waals surface area contributed by atoms with E-state index in [1.54, 1.807) is 18.5 Å². The molecule has 2 atom stereocenters. The standard InChI is InChI=1S/C16H18N6O2S/c17-7-13-6-12(8-20-13)9-21-4-5-22(16-18-2-1-3-19-16)15-11-25(23,24)10-14(15)21/h1-3,6,8,14-15,20H,4-5,9-11H2/t14-,15+/m0/s1. The zero-order chi connectivity index (χ0) is 17.4. The number of hydrogen-bond donors (Lipinski definition) is 1. The Morgan fingerprint density at radius 1 is 1.24 bits per heavy atom. The summed E-state index contributed by atoms with van der Waals surface area (Å²) < 4.78 is 24.6. The molecule has 0 unspecified atom stereocenters. The first kappa shape index (κ1) is 16.1. The summed E-state index contributed by atoms with van der Waals surface area (Å²) in [5, 5.41) is 8.94. The monoisotopic (exact) mass is 358 g/mol. The van der Waals surface area contributed by atoms with Gasteiger partial charge in [0.15, 0.2) is 9.84 Å². The number of hydrogen-bond acceptors (Lipinski definition) is 7. The Labute approximate surface area is 146 Å². The van der Waals surface area contributed by atoms with Gasteiger partial charge in [0.05, 0.1) is 17.5 Å². The molecule has 2 aliphatic heterocycles. The third kappa shape index (κ3) is 3.10. The number of nitrogens with zero attached hydrogens (tertiary/aromatic N) is 5. The lowest BCUT2D eigenvalue weighted by atomic mass is 10.0. The van der Waals surface area contributed by atoms with Crippen molar-refractivity contribution in [1.82, 2.24) is 19.9 Å². The number of aromatic nitrogens is 3.